The second kappa shape index (κ2) is 11.3. The quantitative estimate of drug-likeness (QED) is 0.600. The lowest BCUT2D eigenvalue weighted by Gasteiger charge is -2.20. The van der Waals surface area contributed by atoms with Crippen molar-refractivity contribution in [3.8, 4) is 0 Å². The van der Waals surface area contributed by atoms with E-state index in [0.29, 0.717) is 23.4 Å². The molecule has 7 nitrogen and oxygen atoms in total. The normalized spacial score (nSPS) is 13.8. The van der Waals surface area contributed by atoms with Crippen LogP contribution < -0.4 is 16.0 Å². The second-order valence-electron chi connectivity index (χ2n) is 8.07. The van der Waals surface area contributed by atoms with Gasteiger partial charge in [-0.1, -0.05) is 31.9 Å². The van der Waals surface area contributed by atoms with Gasteiger partial charge in [0.1, 0.15) is 0 Å². The van der Waals surface area contributed by atoms with Gasteiger partial charge in [0.05, 0.1) is 6.54 Å². The number of rotatable bonds is 7. The highest BCUT2D eigenvalue weighted by Crippen LogP contribution is 2.23. The van der Waals surface area contributed by atoms with Gasteiger partial charge in [0.15, 0.2) is 0 Å². The summed E-state index contributed by atoms with van der Waals surface area (Å²) >= 11 is 0. The van der Waals surface area contributed by atoms with Crippen LogP contribution in [0.2, 0.25) is 0 Å². The molecule has 3 rings (SSSR count). The summed E-state index contributed by atoms with van der Waals surface area (Å²) in [7, 11) is 0. The molecule has 32 heavy (non-hydrogen) atoms. The highest BCUT2D eigenvalue weighted by atomic mass is 16.2. The summed E-state index contributed by atoms with van der Waals surface area (Å²) in [6.07, 6.45) is 4.83. The Bertz CT molecular complexity index is 965. The summed E-state index contributed by atoms with van der Waals surface area (Å²) in [6.45, 7) is 5.31. The summed E-state index contributed by atoms with van der Waals surface area (Å²) in [4.78, 5) is 38.9. The van der Waals surface area contributed by atoms with Crippen molar-refractivity contribution in [1.29, 1.82) is 0 Å². The topological polar surface area (TPSA) is 90.5 Å². The Morgan fingerprint density at radius 2 is 1.50 bits per heavy atom. The summed E-state index contributed by atoms with van der Waals surface area (Å²) in [5, 5.41) is 8.82. The van der Waals surface area contributed by atoms with Gasteiger partial charge in [-0.25, -0.2) is 0 Å². The maximum atomic E-state index is 12.8. The molecule has 3 amide bonds. The van der Waals surface area contributed by atoms with Gasteiger partial charge >= 0.3 is 0 Å². The van der Waals surface area contributed by atoms with E-state index in [1.54, 1.807) is 25.1 Å². The van der Waals surface area contributed by atoms with E-state index < -0.39 is 0 Å². The summed E-state index contributed by atoms with van der Waals surface area (Å²) in [5.74, 6) is -0.245. The first-order chi connectivity index (χ1) is 15.5. The third kappa shape index (κ3) is 6.33. The first-order valence-electron chi connectivity index (χ1n) is 11.3. The van der Waals surface area contributed by atoms with Gasteiger partial charge in [0, 0.05) is 42.1 Å². The van der Waals surface area contributed by atoms with Gasteiger partial charge in [-0.2, -0.15) is 0 Å². The van der Waals surface area contributed by atoms with Crippen molar-refractivity contribution in [2.45, 2.75) is 46.0 Å². The Labute approximate surface area is 189 Å². The Kier molecular flexibility index (Phi) is 8.25. The van der Waals surface area contributed by atoms with Crippen molar-refractivity contribution >= 4 is 34.8 Å². The lowest BCUT2D eigenvalue weighted by Crippen LogP contribution is -2.31. The molecule has 0 unspecified atom stereocenters. The molecule has 0 aliphatic carbocycles. The SMILES string of the molecule is CCC(=O)Nc1cccc(NC(=O)CNc2cccc(C(=O)N3CCCCCC3)c2)c1C. The number of hydrogen-bond acceptors (Lipinski definition) is 4. The van der Waals surface area contributed by atoms with E-state index in [-0.39, 0.29) is 24.3 Å². The molecule has 0 atom stereocenters. The molecule has 2 aromatic carbocycles. The zero-order chi connectivity index (χ0) is 22.9. The molecule has 7 heteroatoms. The third-order valence-electron chi connectivity index (χ3n) is 5.66. The van der Waals surface area contributed by atoms with E-state index in [1.165, 1.54) is 12.8 Å². The number of benzene rings is 2. The minimum absolute atomic E-state index is 0.0431. The molecule has 3 N–H and O–H groups in total. The summed E-state index contributed by atoms with van der Waals surface area (Å²) in [6, 6.07) is 12.7. The first kappa shape index (κ1) is 23.3. The van der Waals surface area contributed by atoms with Gasteiger partial charge in [0.2, 0.25) is 11.8 Å². The van der Waals surface area contributed by atoms with Gasteiger partial charge in [-0.05, 0) is 55.7 Å². The number of hydrogen-bond donors (Lipinski definition) is 3. The van der Waals surface area contributed by atoms with Gasteiger partial charge in [0.25, 0.3) is 5.91 Å². The molecule has 1 aliphatic heterocycles. The van der Waals surface area contributed by atoms with Gasteiger partial charge in [-0.15, -0.1) is 0 Å². The van der Waals surface area contributed by atoms with Crippen LogP contribution in [-0.2, 0) is 9.59 Å². The minimum atomic E-state index is -0.212. The van der Waals surface area contributed by atoms with E-state index in [1.807, 2.05) is 36.1 Å². The fourth-order valence-corrected chi connectivity index (χ4v) is 3.74. The van der Waals surface area contributed by atoms with Crippen LogP contribution in [-0.4, -0.2) is 42.3 Å². The zero-order valence-electron chi connectivity index (χ0n) is 18.9. The fourth-order valence-electron chi connectivity index (χ4n) is 3.74. The first-order valence-corrected chi connectivity index (χ1v) is 11.3. The largest absolute Gasteiger partial charge is 0.376 e. The molecular weight excluding hydrogens is 404 g/mol. The molecule has 1 saturated heterocycles. The Hall–Kier alpha value is -3.35. The van der Waals surface area contributed by atoms with Crippen molar-refractivity contribution in [3.63, 3.8) is 0 Å². The molecule has 1 fully saturated rings. The van der Waals surface area contributed by atoms with Crippen LogP contribution in [0.4, 0.5) is 17.1 Å². The summed E-state index contributed by atoms with van der Waals surface area (Å²) < 4.78 is 0. The van der Waals surface area contributed by atoms with Crippen LogP contribution in [0.25, 0.3) is 0 Å². The van der Waals surface area contributed by atoms with Crippen LogP contribution in [0.1, 0.15) is 54.9 Å². The second-order valence-corrected chi connectivity index (χ2v) is 8.07. The van der Waals surface area contributed by atoms with E-state index in [0.717, 1.165) is 37.2 Å². The smallest absolute Gasteiger partial charge is 0.253 e. The predicted molar refractivity (Wildman–Crippen MR) is 128 cm³/mol. The number of nitrogens with zero attached hydrogens (tertiary/aromatic N) is 1. The molecule has 1 heterocycles. The van der Waals surface area contributed by atoms with E-state index >= 15 is 0 Å². The molecule has 0 aromatic heterocycles. The van der Waals surface area contributed by atoms with Crippen molar-refractivity contribution in [3.05, 3.63) is 53.6 Å². The van der Waals surface area contributed by atoms with Crippen LogP contribution in [0.15, 0.2) is 42.5 Å². The number of anilines is 3. The van der Waals surface area contributed by atoms with Gasteiger partial charge in [-0.3, -0.25) is 14.4 Å². The maximum absolute atomic E-state index is 12.8. The van der Waals surface area contributed by atoms with Crippen molar-refractivity contribution in [1.82, 2.24) is 4.90 Å². The lowest BCUT2D eigenvalue weighted by molar-refractivity contribution is -0.116. The van der Waals surface area contributed by atoms with Crippen LogP contribution in [0.5, 0.6) is 0 Å². The average Bonchev–Trinajstić information content (AvgIpc) is 3.09. The van der Waals surface area contributed by atoms with Crippen LogP contribution >= 0.6 is 0 Å². The standard InChI is InChI=1S/C25H32N4O3/c1-3-23(30)27-21-12-9-13-22(18(21)2)28-24(31)17-26-20-11-8-10-19(16-20)25(32)29-14-6-4-5-7-15-29/h8-13,16,26H,3-7,14-15,17H2,1-2H3,(H,27,30)(H,28,31). The number of amides is 3. The number of carbonyl (C=O) groups excluding carboxylic acids is 3. The highest BCUT2D eigenvalue weighted by Gasteiger charge is 2.17. The van der Waals surface area contributed by atoms with E-state index in [2.05, 4.69) is 16.0 Å². The van der Waals surface area contributed by atoms with E-state index in [4.69, 9.17) is 0 Å². The van der Waals surface area contributed by atoms with Crippen molar-refractivity contribution in [2.24, 2.45) is 0 Å². The average molecular weight is 437 g/mol. The minimum Gasteiger partial charge on any atom is -0.376 e. The molecular formula is C25H32N4O3. The molecule has 1 aliphatic rings. The third-order valence-corrected chi connectivity index (χ3v) is 5.66. The van der Waals surface area contributed by atoms with Crippen LogP contribution in [0, 0.1) is 6.92 Å². The number of carbonyl (C=O) groups is 3. The maximum Gasteiger partial charge on any atom is 0.253 e. The Morgan fingerprint density at radius 1 is 0.875 bits per heavy atom. The fraction of sp³-hybridized carbons (Fsp3) is 0.400. The Balaban J connectivity index is 1.58. The van der Waals surface area contributed by atoms with Crippen molar-refractivity contribution < 1.29 is 14.4 Å². The molecule has 2 aromatic rings. The molecule has 0 spiro atoms. The number of nitrogens with one attached hydrogen (secondary N) is 3. The predicted octanol–water partition coefficient (Wildman–Crippen LogP) is 4.41. The molecule has 0 radical (unpaired) electrons. The van der Waals surface area contributed by atoms with Gasteiger partial charge < -0.3 is 20.9 Å². The van der Waals surface area contributed by atoms with E-state index in [9.17, 15) is 14.4 Å². The Morgan fingerprint density at radius 3 is 2.16 bits per heavy atom. The van der Waals surface area contributed by atoms with Crippen molar-refractivity contribution in [2.75, 3.05) is 35.6 Å². The number of likely N-dealkylation sites (tertiary alicyclic amines) is 1. The van der Waals surface area contributed by atoms with Crippen LogP contribution in [0.3, 0.4) is 0 Å². The molecule has 0 bridgehead atoms. The molecule has 170 valence electrons. The zero-order valence-corrected chi connectivity index (χ0v) is 18.9. The molecule has 0 saturated carbocycles. The lowest BCUT2D eigenvalue weighted by atomic mass is 10.1. The summed E-state index contributed by atoms with van der Waals surface area (Å²) in [5.41, 5.74) is 3.49. The highest BCUT2D eigenvalue weighted by molar-refractivity contribution is 5.98. The monoisotopic (exact) mass is 436 g/mol.